The number of hydrogen-bond acceptors (Lipinski definition) is 4. The number of carbonyl (C=O) groups excluding carboxylic acids is 2. The second kappa shape index (κ2) is 5.71. The first-order chi connectivity index (χ1) is 9.77. The SMILES string of the molecule is CN(Cc1ncn[nH]1)C(=O)NC1CC(=O)N(C(C)(C)C)C1. The predicted molar refractivity (Wildman–Crippen MR) is 76.3 cm³/mol. The van der Waals surface area contributed by atoms with Gasteiger partial charge in [-0.25, -0.2) is 9.78 Å². The molecule has 116 valence electrons. The minimum Gasteiger partial charge on any atom is -0.336 e. The summed E-state index contributed by atoms with van der Waals surface area (Å²) in [4.78, 5) is 31.4. The van der Waals surface area contributed by atoms with Gasteiger partial charge in [0.05, 0.1) is 12.6 Å². The van der Waals surface area contributed by atoms with Crippen molar-refractivity contribution in [2.75, 3.05) is 13.6 Å². The number of hydrogen-bond donors (Lipinski definition) is 2. The molecule has 1 unspecified atom stereocenters. The quantitative estimate of drug-likeness (QED) is 0.841. The van der Waals surface area contributed by atoms with E-state index < -0.39 is 0 Å². The molecule has 1 aliphatic heterocycles. The van der Waals surface area contributed by atoms with E-state index in [4.69, 9.17) is 0 Å². The summed E-state index contributed by atoms with van der Waals surface area (Å²) in [6.45, 7) is 6.86. The molecule has 21 heavy (non-hydrogen) atoms. The summed E-state index contributed by atoms with van der Waals surface area (Å²) in [7, 11) is 1.68. The molecule has 1 atom stereocenters. The number of amides is 3. The molecule has 8 nitrogen and oxygen atoms in total. The predicted octanol–water partition coefficient (Wildman–Crippen LogP) is 0.346. The zero-order chi connectivity index (χ0) is 15.6. The van der Waals surface area contributed by atoms with Gasteiger partial charge in [0.15, 0.2) is 0 Å². The average molecular weight is 294 g/mol. The van der Waals surface area contributed by atoms with Crippen LogP contribution in [0.25, 0.3) is 0 Å². The van der Waals surface area contributed by atoms with Gasteiger partial charge in [-0.3, -0.25) is 9.89 Å². The van der Waals surface area contributed by atoms with E-state index >= 15 is 0 Å². The Kier molecular flexibility index (Phi) is 4.15. The first-order valence-electron chi connectivity index (χ1n) is 6.93. The molecule has 2 N–H and O–H groups in total. The summed E-state index contributed by atoms with van der Waals surface area (Å²) in [5.41, 5.74) is -0.220. The van der Waals surface area contributed by atoms with Gasteiger partial charge in [-0.05, 0) is 20.8 Å². The Labute approximate surface area is 123 Å². The van der Waals surface area contributed by atoms with Crippen LogP contribution in [0.4, 0.5) is 4.79 Å². The standard InChI is InChI=1S/C13H22N6O2/c1-13(2,3)19-6-9(5-11(19)20)16-12(21)18(4)7-10-14-8-15-17-10/h8-9H,5-7H2,1-4H3,(H,16,21)(H,14,15,17). The van der Waals surface area contributed by atoms with Gasteiger partial charge in [0.25, 0.3) is 0 Å². The molecule has 1 aliphatic rings. The van der Waals surface area contributed by atoms with Gasteiger partial charge >= 0.3 is 6.03 Å². The van der Waals surface area contributed by atoms with E-state index in [0.717, 1.165) is 0 Å². The van der Waals surface area contributed by atoms with Crippen LogP contribution in [-0.2, 0) is 11.3 Å². The molecule has 0 saturated carbocycles. The third-order valence-electron chi connectivity index (χ3n) is 3.46. The number of likely N-dealkylation sites (tertiary alicyclic amines) is 1. The lowest BCUT2D eigenvalue weighted by atomic mass is 10.1. The number of aromatic amines is 1. The molecule has 8 heteroatoms. The minimum atomic E-state index is -0.222. The van der Waals surface area contributed by atoms with Gasteiger partial charge in [-0.1, -0.05) is 0 Å². The van der Waals surface area contributed by atoms with Crippen LogP contribution in [-0.4, -0.2) is 62.1 Å². The number of rotatable bonds is 3. The minimum absolute atomic E-state index is 0.0747. The Bertz CT molecular complexity index is 507. The highest BCUT2D eigenvalue weighted by molar-refractivity contribution is 5.82. The van der Waals surface area contributed by atoms with Gasteiger partial charge in [0.1, 0.15) is 12.2 Å². The Hall–Kier alpha value is -2.12. The largest absolute Gasteiger partial charge is 0.336 e. The molecule has 0 bridgehead atoms. The van der Waals surface area contributed by atoms with Crippen molar-refractivity contribution >= 4 is 11.9 Å². The Balaban J connectivity index is 1.87. The normalized spacial score (nSPS) is 19.0. The van der Waals surface area contributed by atoms with Crippen LogP contribution in [0.1, 0.15) is 33.0 Å². The highest BCUT2D eigenvalue weighted by Gasteiger charge is 2.37. The van der Waals surface area contributed by atoms with Crippen molar-refractivity contribution in [3.05, 3.63) is 12.2 Å². The van der Waals surface area contributed by atoms with E-state index in [0.29, 0.717) is 25.3 Å². The highest BCUT2D eigenvalue weighted by atomic mass is 16.2. The molecule has 0 spiro atoms. The third kappa shape index (κ3) is 3.71. The lowest BCUT2D eigenvalue weighted by Crippen LogP contribution is -2.46. The molecule has 3 amide bonds. The Morgan fingerprint density at radius 1 is 1.57 bits per heavy atom. The summed E-state index contributed by atoms with van der Waals surface area (Å²) in [5.74, 6) is 0.692. The summed E-state index contributed by atoms with van der Waals surface area (Å²) in [6, 6.07) is -0.374. The van der Waals surface area contributed by atoms with Crippen LogP contribution in [0.5, 0.6) is 0 Å². The Morgan fingerprint density at radius 2 is 2.29 bits per heavy atom. The first-order valence-corrected chi connectivity index (χ1v) is 6.93. The molecule has 0 radical (unpaired) electrons. The third-order valence-corrected chi connectivity index (χ3v) is 3.46. The van der Waals surface area contributed by atoms with Crippen LogP contribution < -0.4 is 5.32 Å². The average Bonchev–Trinajstić information content (AvgIpc) is 2.98. The number of urea groups is 1. The van der Waals surface area contributed by atoms with Crippen LogP contribution in [0.15, 0.2) is 6.33 Å². The van der Waals surface area contributed by atoms with Crippen molar-refractivity contribution in [3.8, 4) is 0 Å². The molecule has 0 aromatic carbocycles. The Morgan fingerprint density at radius 3 is 2.81 bits per heavy atom. The maximum absolute atomic E-state index is 12.1. The van der Waals surface area contributed by atoms with E-state index in [-0.39, 0.29) is 23.5 Å². The lowest BCUT2D eigenvalue weighted by Gasteiger charge is -2.32. The van der Waals surface area contributed by atoms with Crippen LogP contribution in [0.3, 0.4) is 0 Å². The van der Waals surface area contributed by atoms with Crippen LogP contribution >= 0.6 is 0 Å². The fourth-order valence-electron chi connectivity index (χ4n) is 2.34. The second-order valence-corrected chi connectivity index (χ2v) is 6.31. The molecule has 1 saturated heterocycles. The molecule has 2 rings (SSSR count). The lowest BCUT2D eigenvalue weighted by molar-refractivity contribution is -0.131. The van der Waals surface area contributed by atoms with Crippen molar-refractivity contribution in [3.63, 3.8) is 0 Å². The fourth-order valence-corrected chi connectivity index (χ4v) is 2.34. The van der Waals surface area contributed by atoms with Gasteiger partial charge in [0, 0.05) is 25.6 Å². The molecule has 1 aromatic rings. The first kappa shape index (κ1) is 15.3. The van der Waals surface area contributed by atoms with E-state index in [1.165, 1.54) is 11.2 Å². The van der Waals surface area contributed by atoms with Crippen molar-refractivity contribution < 1.29 is 9.59 Å². The van der Waals surface area contributed by atoms with Gasteiger partial charge in [-0.15, -0.1) is 0 Å². The van der Waals surface area contributed by atoms with Crippen molar-refractivity contribution in [2.45, 2.75) is 45.3 Å². The monoisotopic (exact) mass is 294 g/mol. The maximum atomic E-state index is 12.1. The number of nitrogens with one attached hydrogen (secondary N) is 2. The molecule has 1 fully saturated rings. The van der Waals surface area contributed by atoms with Crippen LogP contribution in [0, 0.1) is 0 Å². The van der Waals surface area contributed by atoms with E-state index in [1.807, 2.05) is 20.8 Å². The smallest absolute Gasteiger partial charge is 0.317 e. The van der Waals surface area contributed by atoms with E-state index in [2.05, 4.69) is 20.5 Å². The van der Waals surface area contributed by atoms with Crippen molar-refractivity contribution in [2.24, 2.45) is 0 Å². The zero-order valence-electron chi connectivity index (χ0n) is 12.9. The molecule has 2 heterocycles. The van der Waals surface area contributed by atoms with Gasteiger partial charge < -0.3 is 15.1 Å². The van der Waals surface area contributed by atoms with Gasteiger partial charge in [0.2, 0.25) is 5.91 Å². The summed E-state index contributed by atoms with van der Waals surface area (Å²) >= 11 is 0. The number of aromatic nitrogens is 3. The number of carbonyl (C=O) groups is 2. The van der Waals surface area contributed by atoms with Gasteiger partial charge in [-0.2, -0.15) is 5.10 Å². The van der Waals surface area contributed by atoms with Crippen molar-refractivity contribution in [1.29, 1.82) is 0 Å². The second-order valence-electron chi connectivity index (χ2n) is 6.31. The molecular weight excluding hydrogens is 272 g/mol. The maximum Gasteiger partial charge on any atom is 0.317 e. The number of nitrogens with zero attached hydrogens (tertiary/aromatic N) is 4. The number of H-pyrrole nitrogens is 1. The molecular formula is C13H22N6O2. The van der Waals surface area contributed by atoms with E-state index in [9.17, 15) is 9.59 Å². The zero-order valence-corrected chi connectivity index (χ0v) is 12.9. The van der Waals surface area contributed by atoms with Crippen LogP contribution in [0.2, 0.25) is 0 Å². The molecule has 0 aliphatic carbocycles. The molecule has 1 aromatic heterocycles. The van der Waals surface area contributed by atoms with E-state index in [1.54, 1.807) is 11.9 Å². The summed E-state index contributed by atoms with van der Waals surface area (Å²) in [5, 5.41) is 9.33. The fraction of sp³-hybridized carbons (Fsp3) is 0.692. The summed E-state index contributed by atoms with van der Waals surface area (Å²) < 4.78 is 0. The van der Waals surface area contributed by atoms with Crippen molar-refractivity contribution in [1.82, 2.24) is 30.3 Å². The topological polar surface area (TPSA) is 94.2 Å². The summed E-state index contributed by atoms with van der Waals surface area (Å²) in [6.07, 6.45) is 1.75. The highest BCUT2D eigenvalue weighted by Crippen LogP contribution is 2.21.